The molecule has 2 rings (SSSR count). The summed E-state index contributed by atoms with van der Waals surface area (Å²) in [5, 5.41) is 2.61. The third-order valence-corrected chi connectivity index (χ3v) is 2.76. The molecule has 1 aromatic carbocycles. The van der Waals surface area contributed by atoms with Crippen molar-refractivity contribution in [1.29, 1.82) is 0 Å². The van der Waals surface area contributed by atoms with Gasteiger partial charge in [0.1, 0.15) is 11.6 Å². The van der Waals surface area contributed by atoms with Crippen molar-refractivity contribution in [3.63, 3.8) is 0 Å². The lowest BCUT2D eigenvalue weighted by Gasteiger charge is -2.08. The molecule has 0 spiro atoms. The first-order valence-electron chi connectivity index (χ1n) is 5.05. The van der Waals surface area contributed by atoms with Crippen LogP contribution in [-0.4, -0.2) is 4.98 Å². The second-order valence-electron chi connectivity index (χ2n) is 3.57. The fourth-order valence-electron chi connectivity index (χ4n) is 1.40. The number of hydrogen-bond donors (Lipinski definition) is 1. The van der Waals surface area contributed by atoms with E-state index in [-0.39, 0.29) is 12.4 Å². The quantitative estimate of drug-likeness (QED) is 0.929. The molecular formula is C12H8BrF3N2. The summed E-state index contributed by atoms with van der Waals surface area (Å²) in [6.07, 6.45) is 0.892. The first-order chi connectivity index (χ1) is 8.56. The van der Waals surface area contributed by atoms with Gasteiger partial charge in [0, 0.05) is 22.6 Å². The standard InChI is InChI=1S/C12H8BrF3N2/c13-8-1-2-10(15)7(3-8)5-17-12-11(16)4-9(14)6-18-12/h1-4,6H,5H2,(H,17,18). The molecule has 0 aliphatic rings. The van der Waals surface area contributed by atoms with E-state index in [1.165, 1.54) is 6.07 Å². The molecule has 1 N–H and O–H groups in total. The predicted molar refractivity (Wildman–Crippen MR) is 65.6 cm³/mol. The van der Waals surface area contributed by atoms with Crippen molar-refractivity contribution in [3.8, 4) is 0 Å². The van der Waals surface area contributed by atoms with Crippen LogP contribution in [0.3, 0.4) is 0 Å². The second kappa shape index (κ2) is 5.39. The molecule has 0 radical (unpaired) electrons. The highest BCUT2D eigenvalue weighted by atomic mass is 79.9. The van der Waals surface area contributed by atoms with Gasteiger partial charge >= 0.3 is 0 Å². The van der Waals surface area contributed by atoms with Gasteiger partial charge < -0.3 is 5.32 Å². The van der Waals surface area contributed by atoms with E-state index in [1.54, 1.807) is 12.1 Å². The van der Waals surface area contributed by atoms with Crippen molar-refractivity contribution in [2.75, 3.05) is 5.32 Å². The van der Waals surface area contributed by atoms with Gasteiger partial charge in [0.2, 0.25) is 0 Å². The van der Waals surface area contributed by atoms with Gasteiger partial charge in [0.15, 0.2) is 11.6 Å². The van der Waals surface area contributed by atoms with Gasteiger partial charge in [0.25, 0.3) is 0 Å². The third kappa shape index (κ3) is 3.01. The topological polar surface area (TPSA) is 24.9 Å². The molecule has 2 aromatic rings. The van der Waals surface area contributed by atoms with E-state index >= 15 is 0 Å². The number of pyridine rings is 1. The summed E-state index contributed by atoms with van der Waals surface area (Å²) in [5.74, 6) is -2.10. The zero-order valence-electron chi connectivity index (χ0n) is 9.05. The summed E-state index contributed by atoms with van der Waals surface area (Å²) in [5.41, 5.74) is 0.356. The summed E-state index contributed by atoms with van der Waals surface area (Å²) in [6.45, 7) is 0.0564. The van der Waals surface area contributed by atoms with Gasteiger partial charge in [-0.2, -0.15) is 0 Å². The van der Waals surface area contributed by atoms with Crippen molar-refractivity contribution in [1.82, 2.24) is 4.98 Å². The highest BCUT2D eigenvalue weighted by Crippen LogP contribution is 2.18. The Morgan fingerprint density at radius 1 is 1.11 bits per heavy atom. The summed E-state index contributed by atoms with van der Waals surface area (Å²) in [4.78, 5) is 3.55. The maximum atomic E-state index is 13.4. The number of aromatic nitrogens is 1. The molecule has 0 saturated carbocycles. The smallest absolute Gasteiger partial charge is 0.168 e. The summed E-state index contributed by atoms with van der Waals surface area (Å²) < 4.78 is 40.0. The zero-order valence-corrected chi connectivity index (χ0v) is 10.6. The Balaban J connectivity index is 2.13. The fourth-order valence-corrected chi connectivity index (χ4v) is 1.81. The maximum Gasteiger partial charge on any atom is 0.168 e. The van der Waals surface area contributed by atoms with Gasteiger partial charge in [-0.25, -0.2) is 18.2 Å². The van der Waals surface area contributed by atoms with Gasteiger partial charge in [-0.1, -0.05) is 15.9 Å². The monoisotopic (exact) mass is 316 g/mol. The lowest BCUT2D eigenvalue weighted by atomic mass is 10.2. The average Bonchev–Trinajstić information content (AvgIpc) is 2.32. The van der Waals surface area contributed by atoms with E-state index in [0.717, 1.165) is 6.20 Å². The molecule has 0 bridgehead atoms. The Labute approximate surface area is 110 Å². The van der Waals surface area contributed by atoms with Crippen molar-refractivity contribution >= 4 is 21.7 Å². The molecule has 0 aliphatic carbocycles. The number of nitrogens with zero attached hydrogens (tertiary/aromatic N) is 1. The number of halogens is 4. The molecule has 0 unspecified atom stereocenters. The number of benzene rings is 1. The van der Waals surface area contributed by atoms with Gasteiger partial charge in [0.05, 0.1) is 6.20 Å². The Bertz CT molecular complexity index is 575. The van der Waals surface area contributed by atoms with Crippen LogP contribution in [0.2, 0.25) is 0 Å². The first-order valence-corrected chi connectivity index (χ1v) is 5.84. The normalized spacial score (nSPS) is 10.4. The summed E-state index contributed by atoms with van der Waals surface area (Å²) in [6, 6.07) is 5.15. The molecule has 0 atom stereocenters. The summed E-state index contributed by atoms with van der Waals surface area (Å²) >= 11 is 3.21. The fraction of sp³-hybridized carbons (Fsp3) is 0.0833. The Morgan fingerprint density at radius 3 is 2.61 bits per heavy atom. The molecule has 94 valence electrons. The minimum absolute atomic E-state index is 0.0564. The van der Waals surface area contributed by atoms with Gasteiger partial charge in [-0.05, 0) is 18.2 Å². The first kappa shape index (κ1) is 12.9. The average molecular weight is 317 g/mol. The van der Waals surface area contributed by atoms with Crippen molar-refractivity contribution in [3.05, 3.63) is 58.0 Å². The molecule has 0 fully saturated rings. The minimum Gasteiger partial charge on any atom is -0.363 e. The highest BCUT2D eigenvalue weighted by molar-refractivity contribution is 9.10. The number of anilines is 1. The van der Waals surface area contributed by atoms with E-state index in [4.69, 9.17) is 0 Å². The number of rotatable bonds is 3. The Morgan fingerprint density at radius 2 is 1.89 bits per heavy atom. The molecule has 6 heteroatoms. The van der Waals surface area contributed by atoms with Crippen molar-refractivity contribution in [2.45, 2.75) is 6.54 Å². The molecule has 1 heterocycles. The lowest BCUT2D eigenvalue weighted by Crippen LogP contribution is -2.05. The third-order valence-electron chi connectivity index (χ3n) is 2.26. The van der Waals surface area contributed by atoms with Crippen LogP contribution in [0.25, 0.3) is 0 Å². The van der Waals surface area contributed by atoms with Gasteiger partial charge in [-0.15, -0.1) is 0 Å². The van der Waals surface area contributed by atoms with Crippen LogP contribution < -0.4 is 5.32 Å². The molecule has 18 heavy (non-hydrogen) atoms. The van der Waals surface area contributed by atoms with Crippen LogP contribution in [0.15, 0.2) is 34.9 Å². The molecule has 0 saturated heterocycles. The van der Waals surface area contributed by atoms with E-state index in [2.05, 4.69) is 26.2 Å². The maximum absolute atomic E-state index is 13.4. The Kier molecular flexibility index (Phi) is 3.86. The van der Waals surface area contributed by atoms with Crippen LogP contribution in [0.1, 0.15) is 5.56 Å². The Hall–Kier alpha value is -1.56. The molecular weight excluding hydrogens is 309 g/mol. The lowest BCUT2D eigenvalue weighted by molar-refractivity contribution is 0.574. The van der Waals surface area contributed by atoms with Crippen LogP contribution >= 0.6 is 15.9 Å². The van der Waals surface area contributed by atoms with Crippen LogP contribution in [-0.2, 0) is 6.54 Å². The van der Waals surface area contributed by atoms with E-state index in [0.29, 0.717) is 16.1 Å². The zero-order chi connectivity index (χ0) is 13.1. The number of hydrogen-bond acceptors (Lipinski definition) is 2. The molecule has 0 aliphatic heterocycles. The highest BCUT2D eigenvalue weighted by Gasteiger charge is 2.07. The van der Waals surface area contributed by atoms with E-state index < -0.39 is 17.5 Å². The summed E-state index contributed by atoms with van der Waals surface area (Å²) in [7, 11) is 0. The number of nitrogens with one attached hydrogen (secondary N) is 1. The van der Waals surface area contributed by atoms with Crippen molar-refractivity contribution < 1.29 is 13.2 Å². The van der Waals surface area contributed by atoms with Gasteiger partial charge in [-0.3, -0.25) is 0 Å². The van der Waals surface area contributed by atoms with Crippen LogP contribution in [0.4, 0.5) is 19.0 Å². The SMILES string of the molecule is Fc1cnc(NCc2cc(Br)ccc2F)c(F)c1. The van der Waals surface area contributed by atoms with Crippen LogP contribution in [0, 0.1) is 17.5 Å². The molecule has 1 aromatic heterocycles. The predicted octanol–water partition coefficient (Wildman–Crippen LogP) is 3.87. The van der Waals surface area contributed by atoms with Crippen LogP contribution in [0.5, 0.6) is 0 Å². The largest absolute Gasteiger partial charge is 0.363 e. The van der Waals surface area contributed by atoms with E-state index in [1.807, 2.05) is 0 Å². The minimum atomic E-state index is -0.814. The second-order valence-corrected chi connectivity index (χ2v) is 4.49. The molecule has 0 amide bonds. The molecule has 2 nitrogen and oxygen atoms in total. The van der Waals surface area contributed by atoms with Crippen molar-refractivity contribution in [2.24, 2.45) is 0 Å². The van der Waals surface area contributed by atoms with E-state index in [9.17, 15) is 13.2 Å².